The lowest BCUT2D eigenvalue weighted by Crippen LogP contribution is -2.32. The normalized spacial score (nSPS) is 45.2. The highest BCUT2D eigenvalue weighted by Crippen LogP contribution is 2.47. The Morgan fingerprint density at radius 2 is 0.692 bits per heavy atom. The van der Waals surface area contributed by atoms with E-state index in [-0.39, 0.29) is 0 Å². The minimum Gasteiger partial charge on any atom is -0.0625 e. The molecular weight excluding hydrogens is 312 g/mol. The van der Waals surface area contributed by atoms with Gasteiger partial charge in [-0.15, -0.1) is 0 Å². The molecule has 4 unspecified atom stereocenters. The summed E-state index contributed by atoms with van der Waals surface area (Å²) in [6.45, 7) is 14.6. The first kappa shape index (κ1) is 20.7. The lowest BCUT2D eigenvalue weighted by Gasteiger charge is -2.43. The van der Waals surface area contributed by atoms with Gasteiger partial charge in [0.15, 0.2) is 0 Å². The van der Waals surface area contributed by atoms with Crippen LogP contribution in [-0.4, -0.2) is 0 Å². The zero-order valence-electron chi connectivity index (χ0n) is 18.8. The maximum atomic E-state index is 2.45. The Bertz CT molecular complexity index is 346. The van der Waals surface area contributed by atoms with Crippen LogP contribution in [0.25, 0.3) is 0 Å². The molecule has 0 saturated heterocycles. The summed E-state index contributed by atoms with van der Waals surface area (Å²) in [7, 11) is 0. The van der Waals surface area contributed by atoms with Gasteiger partial charge < -0.3 is 0 Å². The number of fused-ring (bicyclic) bond motifs is 4. The maximum absolute atomic E-state index is 2.45. The minimum atomic E-state index is 0.929. The molecule has 0 aliphatic heterocycles. The molecule has 8 atom stereocenters. The Balaban J connectivity index is 0.000000151. The topological polar surface area (TPSA) is 0 Å². The van der Waals surface area contributed by atoms with Gasteiger partial charge in [0.2, 0.25) is 0 Å². The summed E-state index contributed by atoms with van der Waals surface area (Å²) >= 11 is 0. The third-order valence-electron chi connectivity index (χ3n) is 8.71. The van der Waals surface area contributed by atoms with E-state index in [0.29, 0.717) is 0 Å². The van der Waals surface area contributed by atoms with Crippen molar-refractivity contribution in [3.63, 3.8) is 0 Å². The first-order valence-corrected chi connectivity index (χ1v) is 12.3. The van der Waals surface area contributed by atoms with Gasteiger partial charge >= 0.3 is 0 Å². The van der Waals surface area contributed by atoms with Crippen molar-refractivity contribution in [3.8, 4) is 0 Å². The Kier molecular flexibility index (Phi) is 7.17. The van der Waals surface area contributed by atoms with Gasteiger partial charge in [-0.2, -0.15) is 0 Å². The summed E-state index contributed by atoms with van der Waals surface area (Å²) in [4.78, 5) is 0. The van der Waals surface area contributed by atoms with Gasteiger partial charge in [0.05, 0.1) is 0 Å². The SMILES string of the molecule is CC1C[C@@H]2CC(C(C)C)C[C@H](C1)C2.CC1C[C@@H]2CC(C(C)C)C[C@H](C1)C2. The van der Waals surface area contributed by atoms with Crippen molar-refractivity contribution in [1.29, 1.82) is 0 Å². The third kappa shape index (κ3) is 5.51. The first-order chi connectivity index (χ1) is 12.3. The van der Waals surface area contributed by atoms with Crippen LogP contribution >= 0.6 is 0 Å². The number of rotatable bonds is 2. The fourth-order valence-electron chi connectivity index (χ4n) is 7.56. The smallest absolute Gasteiger partial charge is 0.0386 e. The van der Waals surface area contributed by atoms with Crippen LogP contribution < -0.4 is 0 Å². The fraction of sp³-hybridized carbons (Fsp3) is 1.00. The molecule has 4 bridgehead atoms. The molecule has 4 aliphatic carbocycles. The number of hydrogen-bond acceptors (Lipinski definition) is 0. The van der Waals surface area contributed by atoms with Crippen LogP contribution in [0.1, 0.15) is 106 Å². The summed E-state index contributed by atoms with van der Waals surface area (Å²) in [5.74, 6) is 10.4. The molecule has 0 aromatic heterocycles. The molecule has 0 aromatic carbocycles. The van der Waals surface area contributed by atoms with E-state index < -0.39 is 0 Å². The Labute approximate surface area is 165 Å². The molecule has 0 nitrogen and oxygen atoms in total. The van der Waals surface area contributed by atoms with Crippen LogP contribution in [0.15, 0.2) is 0 Å². The summed E-state index contributed by atoms with van der Waals surface area (Å²) in [5, 5.41) is 0. The molecule has 0 spiro atoms. The molecule has 0 heterocycles. The van der Waals surface area contributed by atoms with Gasteiger partial charge in [0, 0.05) is 0 Å². The van der Waals surface area contributed by atoms with E-state index in [1.165, 1.54) is 25.7 Å². The lowest BCUT2D eigenvalue weighted by atomic mass is 9.63. The zero-order chi connectivity index (χ0) is 18.8. The quantitative estimate of drug-likeness (QED) is 0.465. The highest BCUT2D eigenvalue weighted by Gasteiger charge is 2.36. The molecule has 0 radical (unpaired) electrons. The van der Waals surface area contributed by atoms with E-state index in [9.17, 15) is 0 Å². The van der Waals surface area contributed by atoms with Crippen molar-refractivity contribution in [3.05, 3.63) is 0 Å². The molecule has 26 heavy (non-hydrogen) atoms. The highest BCUT2D eigenvalue weighted by atomic mass is 14.4. The summed E-state index contributed by atoms with van der Waals surface area (Å²) in [5.41, 5.74) is 0. The molecule has 0 aromatic rings. The monoisotopic (exact) mass is 360 g/mol. The summed E-state index contributed by atoms with van der Waals surface area (Å²) in [6, 6.07) is 0. The van der Waals surface area contributed by atoms with Gasteiger partial charge in [-0.1, -0.05) is 41.5 Å². The van der Waals surface area contributed by atoms with Gasteiger partial charge in [0.1, 0.15) is 0 Å². The van der Waals surface area contributed by atoms with E-state index >= 15 is 0 Å². The molecule has 4 saturated carbocycles. The second kappa shape index (κ2) is 9.00. The highest BCUT2D eigenvalue weighted by molar-refractivity contribution is 4.87. The second-order valence-corrected chi connectivity index (χ2v) is 12.0. The minimum absolute atomic E-state index is 0.929. The van der Waals surface area contributed by atoms with E-state index in [1.54, 1.807) is 38.5 Å². The summed E-state index contributed by atoms with van der Waals surface area (Å²) in [6.07, 6.45) is 15.4. The van der Waals surface area contributed by atoms with E-state index in [0.717, 1.165) is 59.2 Å². The van der Waals surface area contributed by atoms with Crippen molar-refractivity contribution in [1.82, 2.24) is 0 Å². The van der Waals surface area contributed by atoms with E-state index in [2.05, 4.69) is 41.5 Å². The van der Waals surface area contributed by atoms with Crippen molar-refractivity contribution < 1.29 is 0 Å². The molecule has 4 fully saturated rings. The molecule has 4 rings (SSSR count). The van der Waals surface area contributed by atoms with Gasteiger partial charge in [-0.25, -0.2) is 0 Å². The lowest BCUT2D eigenvalue weighted by molar-refractivity contribution is 0.0832. The maximum Gasteiger partial charge on any atom is -0.0386 e. The Morgan fingerprint density at radius 1 is 0.423 bits per heavy atom. The molecular formula is C26H48. The molecule has 0 amide bonds. The van der Waals surface area contributed by atoms with Crippen LogP contribution in [0.3, 0.4) is 0 Å². The fourth-order valence-corrected chi connectivity index (χ4v) is 7.56. The zero-order valence-corrected chi connectivity index (χ0v) is 18.8. The number of hydrogen-bond donors (Lipinski definition) is 0. The van der Waals surface area contributed by atoms with Crippen molar-refractivity contribution in [2.75, 3.05) is 0 Å². The largest absolute Gasteiger partial charge is 0.0625 e. The van der Waals surface area contributed by atoms with Crippen LogP contribution in [0, 0.1) is 59.2 Å². The standard InChI is InChI=1S/2C13H24/c2*1-9(2)13-7-11-4-10(3)5-12(6-11)8-13/h2*9-13H,4-8H2,1-3H3/t2*10?,11-,12+,13?. The van der Waals surface area contributed by atoms with Gasteiger partial charge in [0.25, 0.3) is 0 Å². The molecule has 0 heteroatoms. The van der Waals surface area contributed by atoms with Crippen molar-refractivity contribution >= 4 is 0 Å². The average molecular weight is 361 g/mol. The third-order valence-corrected chi connectivity index (χ3v) is 8.71. The predicted molar refractivity (Wildman–Crippen MR) is 115 cm³/mol. The van der Waals surface area contributed by atoms with Crippen LogP contribution in [0.4, 0.5) is 0 Å². The molecule has 4 aliphatic rings. The van der Waals surface area contributed by atoms with Crippen molar-refractivity contribution in [2.45, 2.75) is 106 Å². The van der Waals surface area contributed by atoms with E-state index in [1.807, 2.05) is 0 Å². The van der Waals surface area contributed by atoms with Crippen molar-refractivity contribution in [2.24, 2.45) is 59.2 Å². The van der Waals surface area contributed by atoms with Gasteiger partial charge in [-0.3, -0.25) is 0 Å². The first-order valence-electron chi connectivity index (χ1n) is 12.3. The van der Waals surface area contributed by atoms with Crippen LogP contribution in [0.2, 0.25) is 0 Å². The molecule has 0 N–H and O–H groups in total. The van der Waals surface area contributed by atoms with Crippen LogP contribution in [-0.2, 0) is 0 Å². The Morgan fingerprint density at radius 3 is 0.923 bits per heavy atom. The molecule has 152 valence electrons. The summed E-state index contributed by atoms with van der Waals surface area (Å²) < 4.78 is 0. The van der Waals surface area contributed by atoms with Crippen LogP contribution in [0.5, 0.6) is 0 Å². The van der Waals surface area contributed by atoms with Gasteiger partial charge in [-0.05, 0) is 123 Å². The van der Waals surface area contributed by atoms with E-state index in [4.69, 9.17) is 0 Å². The predicted octanol–water partition coefficient (Wildman–Crippen LogP) is 8.21. The Hall–Kier alpha value is 0. The second-order valence-electron chi connectivity index (χ2n) is 12.0. The average Bonchev–Trinajstić information content (AvgIpc) is 2.53.